The Bertz CT molecular complexity index is 488. The molecule has 0 bridgehead atoms. The van der Waals surface area contributed by atoms with E-state index >= 15 is 0 Å². The number of amides is 1. The molecule has 1 aromatic rings. The molecule has 1 aliphatic rings. The van der Waals surface area contributed by atoms with Crippen molar-refractivity contribution in [1.82, 2.24) is 4.90 Å². The summed E-state index contributed by atoms with van der Waals surface area (Å²) in [6.07, 6.45) is 0. The molecule has 0 radical (unpaired) electrons. The summed E-state index contributed by atoms with van der Waals surface area (Å²) in [5, 5.41) is 8.90. The average Bonchev–Trinajstić information content (AvgIpc) is 2.55. The Morgan fingerprint density at radius 1 is 1.44 bits per heavy atom. The van der Waals surface area contributed by atoms with Crippen LogP contribution in [0.25, 0.3) is 0 Å². The number of thiophene rings is 1. The van der Waals surface area contributed by atoms with Gasteiger partial charge < -0.3 is 10.0 Å². The van der Waals surface area contributed by atoms with Crippen LogP contribution in [0.3, 0.4) is 0 Å². The molecule has 0 aliphatic carbocycles. The molecule has 1 amide bonds. The molecule has 98 valence electrons. The third-order valence-corrected chi connectivity index (χ3v) is 4.53. The minimum Gasteiger partial charge on any atom is -0.481 e. The van der Waals surface area contributed by atoms with Crippen molar-refractivity contribution in [3.05, 3.63) is 21.4 Å². The van der Waals surface area contributed by atoms with Crippen molar-refractivity contribution in [2.45, 2.75) is 20.8 Å². The van der Waals surface area contributed by atoms with Crippen LogP contribution in [0.15, 0.2) is 6.07 Å². The van der Waals surface area contributed by atoms with Gasteiger partial charge in [-0.05, 0) is 19.9 Å². The molecule has 5 heteroatoms. The van der Waals surface area contributed by atoms with E-state index in [4.69, 9.17) is 5.11 Å². The maximum absolute atomic E-state index is 12.2. The van der Waals surface area contributed by atoms with Gasteiger partial charge in [-0.15, -0.1) is 11.3 Å². The second-order valence-corrected chi connectivity index (χ2v) is 6.38. The van der Waals surface area contributed by atoms with Crippen LogP contribution in [0.5, 0.6) is 0 Å². The lowest BCUT2D eigenvalue weighted by Crippen LogP contribution is -2.53. The Labute approximate surface area is 110 Å². The van der Waals surface area contributed by atoms with Gasteiger partial charge in [0.15, 0.2) is 0 Å². The van der Waals surface area contributed by atoms with Crippen molar-refractivity contribution in [2.75, 3.05) is 13.1 Å². The standard InChI is InChI=1S/C13H17NO3S/c1-7-4-11(9(3)18-7)12(15)14-5-10(6-14)8(2)13(16)17/h4,8,10H,5-6H2,1-3H3,(H,16,17). The summed E-state index contributed by atoms with van der Waals surface area (Å²) in [5.41, 5.74) is 0.763. The van der Waals surface area contributed by atoms with Crippen molar-refractivity contribution in [3.63, 3.8) is 0 Å². The number of aryl methyl sites for hydroxylation is 2. The van der Waals surface area contributed by atoms with E-state index < -0.39 is 5.97 Å². The highest BCUT2D eigenvalue weighted by Gasteiger charge is 2.37. The summed E-state index contributed by atoms with van der Waals surface area (Å²) in [5.74, 6) is -1.04. The van der Waals surface area contributed by atoms with Crippen LogP contribution >= 0.6 is 11.3 Å². The highest BCUT2D eigenvalue weighted by atomic mass is 32.1. The molecule has 2 heterocycles. The van der Waals surface area contributed by atoms with Crippen LogP contribution in [-0.2, 0) is 4.79 Å². The molecule has 1 unspecified atom stereocenters. The Balaban J connectivity index is 1.98. The van der Waals surface area contributed by atoms with Gasteiger partial charge in [0.25, 0.3) is 5.91 Å². The first-order valence-electron chi connectivity index (χ1n) is 5.99. The maximum Gasteiger partial charge on any atom is 0.306 e. The van der Waals surface area contributed by atoms with Crippen molar-refractivity contribution in [3.8, 4) is 0 Å². The summed E-state index contributed by atoms with van der Waals surface area (Å²) < 4.78 is 0. The molecule has 0 saturated carbocycles. The fraction of sp³-hybridized carbons (Fsp3) is 0.538. The Morgan fingerprint density at radius 2 is 2.06 bits per heavy atom. The summed E-state index contributed by atoms with van der Waals surface area (Å²) >= 11 is 1.62. The van der Waals surface area contributed by atoms with Gasteiger partial charge in [-0.25, -0.2) is 0 Å². The van der Waals surface area contributed by atoms with Gasteiger partial charge in [0.2, 0.25) is 0 Å². The first kappa shape index (κ1) is 13.1. The summed E-state index contributed by atoms with van der Waals surface area (Å²) in [6, 6.07) is 1.91. The molecule has 0 aromatic carbocycles. The highest BCUT2D eigenvalue weighted by Crippen LogP contribution is 2.28. The van der Waals surface area contributed by atoms with Crippen molar-refractivity contribution < 1.29 is 14.7 Å². The summed E-state index contributed by atoms with van der Waals surface area (Å²) in [7, 11) is 0. The SMILES string of the molecule is Cc1cc(C(=O)N2CC(C(C)C(=O)O)C2)c(C)s1. The lowest BCUT2D eigenvalue weighted by atomic mass is 9.86. The number of carboxylic acid groups (broad SMARTS) is 1. The lowest BCUT2D eigenvalue weighted by molar-refractivity contribution is -0.144. The topological polar surface area (TPSA) is 57.6 Å². The largest absolute Gasteiger partial charge is 0.481 e. The molecule has 1 aliphatic heterocycles. The number of rotatable bonds is 3. The third-order valence-electron chi connectivity index (χ3n) is 3.57. The molecule has 18 heavy (non-hydrogen) atoms. The number of hydrogen-bond donors (Lipinski definition) is 1. The van der Waals surface area contributed by atoms with Gasteiger partial charge in [0.1, 0.15) is 0 Å². The van der Waals surface area contributed by atoms with E-state index in [2.05, 4.69) is 0 Å². The lowest BCUT2D eigenvalue weighted by Gasteiger charge is -2.41. The number of carboxylic acids is 1. The van der Waals surface area contributed by atoms with Crippen LogP contribution in [0.4, 0.5) is 0 Å². The van der Waals surface area contributed by atoms with Gasteiger partial charge in [-0.1, -0.05) is 6.92 Å². The average molecular weight is 267 g/mol. The minimum atomic E-state index is -0.783. The number of likely N-dealkylation sites (tertiary alicyclic amines) is 1. The van der Waals surface area contributed by atoms with Crippen LogP contribution in [-0.4, -0.2) is 35.0 Å². The van der Waals surface area contributed by atoms with Gasteiger partial charge in [0, 0.05) is 28.8 Å². The van der Waals surface area contributed by atoms with E-state index in [9.17, 15) is 9.59 Å². The van der Waals surface area contributed by atoms with Gasteiger partial charge in [-0.2, -0.15) is 0 Å². The summed E-state index contributed by atoms with van der Waals surface area (Å²) in [6.45, 7) is 6.75. The molecule has 1 saturated heterocycles. The fourth-order valence-electron chi connectivity index (χ4n) is 2.21. The second-order valence-electron chi connectivity index (χ2n) is 4.92. The molecular weight excluding hydrogens is 250 g/mol. The zero-order chi connectivity index (χ0) is 13.4. The maximum atomic E-state index is 12.2. The normalized spacial score (nSPS) is 17.4. The molecule has 4 nitrogen and oxygen atoms in total. The quantitative estimate of drug-likeness (QED) is 0.913. The highest BCUT2D eigenvalue weighted by molar-refractivity contribution is 7.12. The predicted octanol–water partition coefficient (Wildman–Crippen LogP) is 2.16. The van der Waals surface area contributed by atoms with Crippen LogP contribution in [0, 0.1) is 25.7 Å². The Hall–Kier alpha value is -1.36. The first-order valence-corrected chi connectivity index (χ1v) is 6.81. The second kappa shape index (κ2) is 4.72. The molecular formula is C13H17NO3S. The van der Waals surface area contributed by atoms with E-state index in [1.54, 1.807) is 23.2 Å². The third kappa shape index (κ3) is 2.27. The first-order chi connectivity index (χ1) is 8.40. The molecule has 1 aromatic heterocycles. The predicted molar refractivity (Wildman–Crippen MR) is 70.0 cm³/mol. The van der Waals surface area contributed by atoms with Gasteiger partial charge >= 0.3 is 5.97 Å². The van der Waals surface area contributed by atoms with Crippen LogP contribution in [0.1, 0.15) is 27.0 Å². The molecule has 2 rings (SSSR count). The number of hydrogen-bond acceptors (Lipinski definition) is 3. The van der Waals surface area contributed by atoms with E-state index in [1.165, 1.54) is 0 Å². The zero-order valence-corrected chi connectivity index (χ0v) is 11.6. The molecule has 0 spiro atoms. The van der Waals surface area contributed by atoms with E-state index in [0.29, 0.717) is 13.1 Å². The number of carbonyl (C=O) groups is 2. The van der Waals surface area contributed by atoms with Crippen LogP contribution in [0.2, 0.25) is 0 Å². The van der Waals surface area contributed by atoms with E-state index in [0.717, 1.165) is 15.3 Å². The van der Waals surface area contributed by atoms with Crippen molar-refractivity contribution >= 4 is 23.2 Å². The molecule has 1 atom stereocenters. The van der Waals surface area contributed by atoms with Crippen LogP contribution < -0.4 is 0 Å². The number of aliphatic carboxylic acids is 1. The Morgan fingerprint density at radius 3 is 2.50 bits per heavy atom. The minimum absolute atomic E-state index is 0.0330. The zero-order valence-electron chi connectivity index (χ0n) is 10.8. The van der Waals surface area contributed by atoms with E-state index in [-0.39, 0.29) is 17.7 Å². The molecule has 1 fully saturated rings. The van der Waals surface area contributed by atoms with E-state index in [1.807, 2.05) is 19.9 Å². The van der Waals surface area contributed by atoms with Gasteiger partial charge in [0.05, 0.1) is 11.5 Å². The fourth-order valence-corrected chi connectivity index (χ4v) is 3.13. The van der Waals surface area contributed by atoms with Crippen molar-refractivity contribution in [2.24, 2.45) is 11.8 Å². The smallest absolute Gasteiger partial charge is 0.306 e. The van der Waals surface area contributed by atoms with Gasteiger partial charge in [-0.3, -0.25) is 9.59 Å². The number of nitrogens with zero attached hydrogens (tertiary/aromatic N) is 1. The summed E-state index contributed by atoms with van der Waals surface area (Å²) in [4.78, 5) is 26.9. The number of carbonyl (C=O) groups excluding carboxylic acids is 1. The monoisotopic (exact) mass is 267 g/mol. The van der Waals surface area contributed by atoms with Crippen molar-refractivity contribution in [1.29, 1.82) is 0 Å². The molecule has 1 N–H and O–H groups in total. The Kier molecular flexibility index (Phi) is 3.43.